The zero-order valence-electron chi connectivity index (χ0n) is 18.1. The molecule has 0 radical (unpaired) electrons. The van der Waals surface area contributed by atoms with Crippen molar-refractivity contribution in [1.29, 1.82) is 0 Å². The van der Waals surface area contributed by atoms with Crippen LogP contribution in [0.4, 0.5) is 5.69 Å². The van der Waals surface area contributed by atoms with Gasteiger partial charge in [-0.3, -0.25) is 4.79 Å². The number of carbonyl (C=O) groups is 2. The number of carboxylic acid groups (broad SMARTS) is 1. The number of aromatic carboxylic acids is 1. The summed E-state index contributed by atoms with van der Waals surface area (Å²) in [5.74, 6) is 0.796. The summed E-state index contributed by atoms with van der Waals surface area (Å²) in [6, 6.07) is 13.2. The lowest BCUT2D eigenvalue weighted by molar-refractivity contribution is -0.115. The van der Waals surface area contributed by atoms with Crippen molar-refractivity contribution in [3.63, 3.8) is 0 Å². The number of hydrogen-bond acceptors (Lipinski definition) is 7. The first kappa shape index (κ1) is 23.1. The van der Waals surface area contributed by atoms with Crippen LogP contribution in [0.5, 0.6) is 11.5 Å². The van der Waals surface area contributed by atoms with Gasteiger partial charge in [0.05, 0.1) is 17.9 Å². The first-order valence-electron chi connectivity index (χ1n) is 9.79. The van der Waals surface area contributed by atoms with Crippen molar-refractivity contribution >= 4 is 29.3 Å². The summed E-state index contributed by atoms with van der Waals surface area (Å²) in [6.45, 7) is 3.64. The molecule has 2 aromatic carbocycles. The summed E-state index contributed by atoms with van der Waals surface area (Å²) in [7, 11) is 3.42. The maximum Gasteiger partial charge on any atom is 0.335 e. The Balaban J connectivity index is 1.61. The van der Waals surface area contributed by atoms with Crippen molar-refractivity contribution in [2.75, 3.05) is 12.4 Å². The molecular formula is C22H24N4O5S. The van der Waals surface area contributed by atoms with Gasteiger partial charge >= 0.3 is 5.97 Å². The number of carboxylic acids is 1. The molecule has 0 fully saturated rings. The highest BCUT2D eigenvalue weighted by Crippen LogP contribution is 2.27. The first-order valence-corrected chi connectivity index (χ1v) is 10.7. The third-order valence-electron chi connectivity index (χ3n) is 4.66. The largest absolute Gasteiger partial charge is 0.497 e. The van der Waals surface area contributed by atoms with Gasteiger partial charge in [-0.25, -0.2) is 4.79 Å². The van der Waals surface area contributed by atoms with Crippen LogP contribution < -0.4 is 14.8 Å². The molecule has 1 heterocycles. The van der Waals surface area contributed by atoms with E-state index < -0.39 is 11.2 Å². The average molecular weight is 457 g/mol. The lowest BCUT2D eigenvalue weighted by Gasteiger charge is -2.15. The molecule has 0 bridgehead atoms. The number of benzene rings is 2. The summed E-state index contributed by atoms with van der Waals surface area (Å²) >= 11 is 1.27. The molecule has 9 nitrogen and oxygen atoms in total. The van der Waals surface area contributed by atoms with Crippen molar-refractivity contribution in [3.05, 3.63) is 59.9 Å². The van der Waals surface area contributed by atoms with Gasteiger partial charge in [-0.2, -0.15) is 0 Å². The van der Waals surface area contributed by atoms with Gasteiger partial charge in [-0.05, 0) is 62.4 Å². The molecule has 0 saturated heterocycles. The second-order valence-corrected chi connectivity index (χ2v) is 8.28. The Morgan fingerprint density at radius 3 is 2.25 bits per heavy atom. The molecule has 0 saturated carbocycles. The number of methoxy groups -OCH3 is 1. The van der Waals surface area contributed by atoms with E-state index in [9.17, 15) is 9.59 Å². The lowest BCUT2D eigenvalue weighted by atomic mass is 10.2. The summed E-state index contributed by atoms with van der Waals surface area (Å²) in [5, 5.41) is 20.3. The van der Waals surface area contributed by atoms with E-state index in [0.29, 0.717) is 22.4 Å². The van der Waals surface area contributed by atoms with Crippen LogP contribution >= 0.6 is 11.8 Å². The van der Waals surface area contributed by atoms with Gasteiger partial charge in [0.2, 0.25) is 5.91 Å². The Morgan fingerprint density at radius 1 is 1.03 bits per heavy atom. The Labute approximate surface area is 189 Å². The molecule has 168 valence electrons. The minimum Gasteiger partial charge on any atom is -0.497 e. The van der Waals surface area contributed by atoms with Crippen LogP contribution in [-0.2, 0) is 11.8 Å². The monoisotopic (exact) mass is 456 g/mol. The zero-order valence-corrected chi connectivity index (χ0v) is 18.9. The number of rotatable bonds is 9. The summed E-state index contributed by atoms with van der Waals surface area (Å²) in [6.07, 6.45) is -0.355. The van der Waals surface area contributed by atoms with E-state index in [1.807, 2.05) is 38.2 Å². The minimum atomic E-state index is -1.02. The number of nitrogens with zero attached hydrogens (tertiary/aromatic N) is 3. The van der Waals surface area contributed by atoms with Crippen molar-refractivity contribution in [3.8, 4) is 11.5 Å². The predicted octanol–water partition coefficient (Wildman–Crippen LogP) is 3.78. The van der Waals surface area contributed by atoms with Crippen molar-refractivity contribution in [2.24, 2.45) is 7.05 Å². The number of anilines is 1. The summed E-state index contributed by atoms with van der Waals surface area (Å²) in [5.41, 5.74) is 0.677. The van der Waals surface area contributed by atoms with E-state index in [1.54, 1.807) is 30.7 Å². The average Bonchev–Trinajstić information content (AvgIpc) is 3.14. The third kappa shape index (κ3) is 5.58. The minimum absolute atomic E-state index is 0.156. The van der Waals surface area contributed by atoms with Crippen LogP contribution in [-0.4, -0.2) is 44.1 Å². The van der Waals surface area contributed by atoms with E-state index in [-0.39, 0.29) is 17.6 Å². The normalized spacial score (nSPS) is 12.6. The highest BCUT2D eigenvalue weighted by atomic mass is 32.2. The Morgan fingerprint density at radius 2 is 1.66 bits per heavy atom. The lowest BCUT2D eigenvalue weighted by Crippen LogP contribution is -2.23. The number of amides is 1. The molecule has 3 rings (SSSR count). The zero-order chi connectivity index (χ0) is 23.3. The van der Waals surface area contributed by atoms with Gasteiger partial charge in [-0.1, -0.05) is 11.8 Å². The van der Waals surface area contributed by atoms with Crippen LogP contribution in [0, 0.1) is 0 Å². The van der Waals surface area contributed by atoms with Crippen molar-refractivity contribution < 1.29 is 24.2 Å². The fourth-order valence-corrected chi connectivity index (χ4v) is 3.67. The van der Waals surface area contributed by atoms with Crippen LogP contribution in [0.3, 0.4) is 0 Å². The summed E-state index contributed by atoms with van der Waals surface area (Å²) in [4.78, 5) is 23.5. The van der Waals surface area contributed by atoms with Gasteiger partial charge < -0.3 is 24.5 Å². The second-order valence-electron chi connectivity index (χ2n) is 6.97. The second kappa shape index (κ2) is 10.2. The smallest absolute Gasteiger partial charge is 0.335 e. The molecule has 3 aromatic rings. The summed E-state index contributed by atoms with van der Waals surface area (Å²) < 4.78 is 12.9. The SMILES string of the molecule is COc1ccc(OC(C)c2nnc(SC(C)C(=O)Nc3ccc(C(=O)O)cc3)n2C)cc1. The Bertz CT molecular complexity index is 1080. The van der Waals surface area contributed by atoms with E-state index >= 15 is 0 Å². The molecule has 10 heteroatoms. The molecule has 1 amide bonds. The van der Waals surface area contributed by atoms with Crippen molar-refractivity contribution in [2.45, 2.75) is 30.4 Å². The predicted molar refractivity (Wildman–Crippen MR) is 120 cm³/mol. The number of carbonyl (C=O) groups excluding carboxylic acids is 1. The van der Waals surface area contributed by atoms with Crippen LogP contribution in [0.1, 0.15) is 36.1 Å². The molecule has 1 aromatic heterocycles. The molecule has 0 aliphatic heterocycles. The number of ether oxygens (including phenoxy) is 2. The molecule has 2 N–H and O–H groups in total. The number of hydrogen-bond donors (Lipinski definition) is 2. The highest BCUT2D eigenvalue weighted by molar-refractivity contribution is 8.00. The standard InChI is InChI=1S/C22H24N4O5S/c1-13(31-18-11-9-17(30-4)10-12-18)19-24-25-22(26(19)3)32-14(2)20(27)23-16-7-5-15(6-8-16)21(28)29/h5-14H,1-4H3,(H,23,27)(H,28,29). The van der Waals surface area contributed by atoms with Crippen molar-refractivity contribution in [1.82, 2.24) is 14.8 Å². The maximum absolute atomic E-state index is 12.5. The van der Waals surface area contributed by atoms with E-state index in [1.165, 1.54) is 23.9 Å². The van der Waals surface area contributed by atoms with Gasteiger partial charge in [-0.15, -0.1) is 10.2 Å². The number of nitrogens with one attached hydrogen (secondary N) is 1. The fourth-order valence-electron chi connectivity index (χ4n) is 2.85. The quantitative estimate of drug-likeness (QED) is 0.468. The Hall–Kier alpha value is -3.53. The molecule has 0 aliphatic carbocycles. The van der Waals surface area contributed by atoms with Gasteiger partial charge in [0, 0.05) is 12.7 Å². The maximum atomic E-state index is 12.5. The van der Waals surface area contributed by atoms with Gasteiger partial charge in [0.1, 0.15) is 11.5 Å². The number of aromatic nitrogens is 3. The van der Waals surface area contributed by atoms with E-state index in [2.05, 4.69) is 15.5 Å². The van der Waals surface area contributed by atoms with Crippen LogP contribution in [0.2, 0.25) is 0 Å². The fraction of sp³-hybridized carbons (Fsp3) is 0.273. The van der Waals surface area contributed by atoms with Crippen LogP contribution in [0.25, 0.3) is 0 Å². The Kier molecular flexibility index (Phi) is 7.37. The van der Waals surface area contributed by atoms with Crippen LogP contribution in [0.15, 0.2) is 53.7 Å². The molecule has 0 aliphatic rings. The molecular weight excluding hydrogens is 432 g/mol. The van der Waals surface area contributed by atoms with Gasteiger partial charge in [0.25, 0.3) is 0 Å². The molecule has 32 heavy (non-hydrogen) atoms. The van der Waals surface area contributed by atoms with E-state index in [4.69, 9.17) is 14.6 Å². The molecule has 0 spiro atoms. The highest BCUT2D eigenvalue weighted by Gasteiger charge is 2.22. The molecule has 2 atom stereocenters. The number of thioether (sulfide) groups is 1. The van der Waals surface area contributed by atoms with E-state index in [0.717, 1.165) is 5.75 Å². The molecule has 2 unspecified atom stereocenters. The first-order chi connectivity index (χ1) is 15.3. The van der Waals surface area contributed by atoms with Gasteiger partial charge in [0.15, 0.2) is 17.1 Å². The third-order valence-corrected chi connectivity index (χ3v) is 5.79. The topological polar surface area (TPSA) is 116 Å².